The maximum atomic E-state index is 5.82. The maximum absolute atomic E-state index is 5.82. The van der Waals surface area contributed by atoms with Gasteiger partial charge in [-0.3, -0.25) is 0 Å². The molecule has 0 saturated carbocycles. The van der Waals surface area contributed by atoms with E-state index in [0.717, 1.165) is 42.8 Å². The SMILES string of the molecule is CCCCn1c(CCCl)nc2c(OC)ncnc21. The summed E-state index contributed by atoms with van der Waals surface area (Å²) in [5, 5.41) is 0. The van der Waals surface area contributed by atoms with Gasteiger partial charge in [0.2, 0.25) is 5.88 Å². The number of hydrogen-bond acceptors (Lipinski definition) is 4. The second kappa shape index (κ2) is 6.00. The predicted molar refractivity (Wildman–Crippen MR) is 71.2 cm³/mol. The molecule has 0 aliphatic heterocycles. The van der Waals surface area contributed by atoms with Crippen LogP contribution < -0.4 is 4.74 Å². The molecule has 6 heteroatoms. The monoisotopic (exact) mass is 268 g/mol. The zero-order valence-corrected chi connectivity index (χ0v) is 11.4. The lowest BCUT2D eigenvalue weighted by Gasteiger charge is -2.06. The van der Waals surface area contributed by atoms with Gasteiger partial charge in [0, 0.05) is 18.8 Å². The Bertz CT molecular complexity index is 526. The molecule has 18 heavy (non-hydrogen) atoms. The Balaban J connectivity index is 2.52. The molecular formula is C12H17ClN4O. The summed E-state index contributed by atoms with van der Waals surface area (Å²) in [7, 11) is 1.59. The Labute approximate surface area is 111 Å². The predicted octanol–water partition coefficient (Wildman–Crippen LogP) is 2.42. The smallest absolute Gasteiger partial charge is 0.245 e. The van der Waals surface area contributed by atoms with Crippen LogP contribution in [0, 0.1) is 0 Å². The molecule has 0 saturated heterocycles. The minimum Gasteiger partial charge on any atom is -0.479 e. The first-order valence-electron chi connectivity index (χ1n) is 6.11. The number of nitrogens with zero attached hydrogens (tertiary/aromatic N) is 4. The molecule has 0 radical (unpaired) electrons. The Morgan fingerprint density at radius 2 is 2.22 bits per heavy atom. The van der Waals surface area contributed by atoms with Crippen LogP contribution in [-0.2, 0) is 13.0 Å². The van der Waals surface area contributed by atoms with Crippen LogP contribution in [0.25, 0.3) is 11.2 Å². The second-order valence-corrected chi connectivity index (χ2v) is 4.41. The maximum Gasteiger partial charge on any atom is 0.245 e. The van der Waals surface area contributed by atoms with Gasteiger partial charge in [-0.15, -0.1) is 11.6 Å². The van der Waals surface area contributed by atoms with E-state index in [1.807, 2.05) is 0 Å². The first kappa shape index (κ1) is 13.1. The zero-order valence-electron chi connectivity index (χ0n) is 10.7. The lowest BCUT2D eigenvalue weighted by atomic mass is 10.3. The van der Waals surface area contributed by atoms with Gasteiger partial charge in [0.15, 0.2) is 11.2 Å². The minimum atomic E-state index is 0.520. The van der Waals surface area contributed by atoms with Crippen molar-refractivity contribution in [1.29, 1.82) is 0 Å². The molecule has 0 spiro atoms. The fraction of sp³-hybridized carbons (Fsp3) is 0.583. The van der Waals surface area contributed by atoms with Crippen LogP contribution in [0.4, 0.5) is 0 Å². The first-order valence-corrected chi connectivity index (χ1v) is 6.65. The normalized spacial score (nSPS) is 11.1. The van der Waals surface area contributed by atoms with E-state index in [1.165, 1.54) is 6.33 Å². The zero-order chi connectivity index (χ0) is 13.0. The van der Waals surface area contributed by atoms with Crippen molar-refractivity contribution in [3.8, 4) is 5.88 Å². The third-order valence-electron chi connectivity index (χ3n) is 2.82. The van der Waals surface area contributed by atoms with E-state index in [-0.39, 0.29) is 0 Å². The standard InChI is InChI=1S/C12H17ClN4O/c1-3-4-7-17-9(5-6-13)16-10-11(17)14-8-15-12(10)18-2/h8H,3-7H2,1-2H3. The number of hydrogen-bond donors (Lipinski definition) is 0. The number of ether oxygens (including phenoxy) is 1. The van der Waals surface area contributed by atoms with E-state index in [0.29, 0.717) is 11.8 Å². The van der Waals surface area contributed by atoms with Crippen molar-refractivity contribution in [1.82, 2.24) is 19.5 Å². The molecule has 2 heterocycles. The molecule has 2 aromatic rings. The molecule has 98 valence electrons. The van der Waals surface area contributed by atoms with Crippen LogP contribution in [0.5, 0.6) is 5.88 Å². The first-order chi connectivity index (χ1) is 8.81. The summed E-state index contributed by atoms with van der Waals surface area (Å²) in [6.45, 7) is 3.06. The summed E-state index contributed by atoms with van der Waals surface area (Å²) < 4.78 is 7.33. The number of unbranched alkanes of at least 4 members (excludes halogenated alkanes) is 1. The lowest BCUT2D eigenvalue weighted by molar-refractivity contribution is 0.401. The number of alkyl halides is 1. The fourth-order valence-electron chi connectivity index (χ4n) is 1.94. The summed E-state index contributed by atoms with van der Waals surface area (Å²) in [5.74, 6) is 2.02. The minimum absolute atomic E-state index is 0.520. The van der Waals surface area contributed by atoms with Crippen molar-refractivity contribution in [3.63, 3.8) is 0 Å². The fourth-order valence-corrected chi connectivity index (χ4v) is 2.11. The Hall–Kier alpha value is -1.36. The van der Waals surface area contributed by atoms with E-state index >= 15 is 0 Å². The number of aromatic nitrogens is 4. The Morgan fingerprint density at radius 3 is 2.89 bits per heavy atom. The molecule has 2 aromatic heterocycles. The van der Waals surface area contributed by atoms with E-state index in [9.17, 15) is 0 Å². The summed E-state index contributed by atoms with van der Waals surface area (Å²) in [6.07, 6.45) is 4.45. The highest BCUT2D eigenvalue weighted by molar-refractivity contribution is 6.17. The van der Waals surface area contributed by atoms with Gasteiger partial charge in [0.25, 0.3) is 0 Å². The highest BCUT2D eigenvalue weighted by atomic mass is 35.5. The number of aryl methyl sites for hydroxylation is 2. The van der Waals surface area contributed by atoms with Gasteiger partial charge in [-0.05, 0) is 6.42 Å². The Kier molecular flexibility index (Phi) is 4.36. The van der Waals surface area contributed by atoms with Crippen LogP contribution in [0.15, 0.2) is 6.33 Å². The average molecular weight is 269 g/mol. The van der Waals surface area contributed by atoms with Crippen molar-refractivity contribution >= 4 is 22.8 Å². The van der Waals surface area contributed by atoms with E-state index in [4.69, 9.17) is 16.3 Å². The highest BCUT2D eigenvalue weighted by Gasteiger charge is 2.15. The van der Waals surface area contributed by atoms with Crippen molar-refractivity contribution in [2.45, 2.75) is 32.7 Å². The lowest BCUT2D eigenvalue weighted by Crippen LogP contribution is -2.05. The van der Waals surface area contributed by atoms with Gasteiger partial charge in [-0.2, -0.15) is 4.98 Å². The molecule has 5 nitrogen and oxygen atoms in total. The highest BCUT2D eigenvalue weighted by Crippen LogP contribution is 2.22. The van der Waals surface area contributed by atoms with Gasteiger partial charge in [0.1, 0.15) is 12.2 Å². The second-order valence-electron chi connectivity index (χ2n) is 4.03. The molecule has 0 atom stereocenters. The molecule has 0 N–H and O–H groups in total. The number of methoxy groups -OCH3 is 1. The van der Waals surface area contributed by atoms with Gasteiger partial charge >= 0.3 is 0 Å². The van der Waals surface area contributed by atoms with Crippen LogP contribution in [0.1, 0.15) is 25.6 Å². The third kappa shape index (κ3) is 2.41. The van der Waals surface area contributed by atoms with Crippen LogP contribution >= 0.6 is 11.6 Å². The number of imidazole rings is 1. The summed E-state index contributed by atoms with van der Waals surface area (Å²) in [5.41, 5.74) is 1.55. The van der Waals surface area contributed by atoms with Gasteiger partial charge in [0.05, 0.1) is 7.11 Å². The largest absolute Gasteiger partial charge is 0.479 e. The molecule has 0 unspecified atom stereocenters. The van der Waals surface area contributed by atoms with Crippen molar-refractivity contribution < 1.29 is 4.74 Å². The topological polar surface area (TPSA) is 52.8 Å². The molecule has 0 amide bonds. The van der Waals surface area contributed by atoms with Crippen molar-refractivity contribution in [2.24, 2.45) is 0 Å². The van der Waals surface area contributed by atoms with Crippen molar-refractivity contribution in [2.75, 3.05) is 13.0 Å². The molecule has 0 bridgehead atoms. The van der Waals surface area contributed by atoms with Crippen LogP contribution in [-0.4, -0.2) is 32.5 Å². The number of rotatable bonds is 6. The quantitative estimate of drug-likeness (QED) is 0.755. The molecule has 0 aromatic carbocycles. The molecule has 0 aliphatic rings. The number of halogens is 1. The average Bonchev–Trinajstić information content (AvgIpc) is 2.74. The summed E-state index contributed by atoms with van der Waals surface area (Å²) in [6, 6.07) is 0. The van der Waals surface area contributed by atoms with E-state index in [1.54, 1.807) is 7.11 Å². The number of fused-ring (bicyclic) bond motifs is 1. The molecule has 0 aliphatic carbocycles. The Morgan fingerprint density at radius 1 is 1.39 bits per heavy atom. The van der Waals surface area contributed by atoms with Crippen LogP contribution in [0.3, 0.4) is 0 Å². The molecular weight excluding hydrogens is 252 g/mol. The third-order valence-corrected chi connectivity index (χ3v) is 3.01. The molecule has 0 fully saturated rings. The van der Waals surface area contributed by atoms with Gasteiger partial charge < -0.3 is 9.30 Å². The van der Waals surface area contributed by atoms with Gasteiger partial charge in [-0.25, -0.2) is 9.97 Å². The van der Waals surface area contributed by atoms with E-state index < -0.39 is 0 Å². The summed E-state index contributed by atoms with van der Waals surface area (Å²) >= 11 is 5.82. The van der Waals surface area contributed by atoms with Gasteiger partial charge in [-0.1, -0.05) is 13.3 Å². The molecule has 2 rings (SSSR count). The van der Waals surface area contributed by atoms with Crippen molar-refractivity contribution in [3.05, 3.63) is 12.2 Å². The van der Waals surface area contributed by atoms with Crippen LogP contribution in [0.2, 0.25) is 0 Å². The summed E-state index contributed by atoms with van der Waals surface area (Å²) in [4.78, 5) is 12.9. The van der Waals surface area contributed by atoms with E-state index in [2.05, 4.69) is 26.4 Å².